The predicted octanol–water partition coefficient (Wildman–Crippen LogP) is 3.48. The summed E-state index contributed by atoms with van der Waals surface area (Å²) in [5.41, 5.74) is 1.56. The van der Waals surface area contributed by atoms with Crippen molar-refractivity contribution < 1.29 is 4.92 Å². The number of nitro groups is 1. The summed E-state index contributed by atoms with van der Waals surface area (Å²) < 4.78 is 0. The van der Waals surface area contributed by atoms with Gasteiger partial charge < -0.3 is 4.90 Å². The van der Waals surface area contributed by atoms with Gasteiger partial charge in [-0.1, -0.05) is 20.3 Å². The second-order valence-corrected chi connectivity index (χ2v) is 5.72. The molecule has 0 aliphatic carbocycles. The van der Waals surface area contributed by atoms with Gasteiger partial charge in [0.2, 0.25) is 0 Å². The van der Waals surface area contributed by atoms with E-state index < -0.39 is 4.92 Å². The first-order chi connectivity index (χ1) is 9.49. The van der Waals surface area contributed by atoms with Gasteiger partial charge in [-0.05, 0) is 24.3 Å². The van der Waals surface area contributed by atoms with Crippen LogP contribution in [0.15, 0.2) is 18.2 Å². The van der Waals surface area contributed by atoms with Crippen LogP contribution in [0.4, 0.5) is 11.4 Å². The molecule has 1 aliphatic rings. The van der Waals surface area contributed by atoms with Crippen molar-refractivity contribution in [1.82, 2.24) is 0 Å². The second-order valence-electron chi connectivity index (χ2n) is 5.72. The molecule has 0 radical (unpaired) electrons. The van der Waals surface area contributed by atoms with Crippen molar-refractivity contribution in [1.29, 1.82) is 5.26 Å². The Balaban J connectivity index is 2.22. The smallest absolute Gasteiger partial charge is 0.270 e. The van der Waals surface area contributed by atoms with Gasteiger partial charge in [0.25, 0.3) is 5.69 Å². The van der Waals surface area contributed by atoms with E-state index in [2.05, 4.69) is 24.8 Å². The molecule has 0 N–H and O–H groups in total. The van der Waals surface area contributed by atoms with Crippen molar-refractivity contribution in [3.05, 3.63) is 33.9 Å². The number of nitrogens with zero attached hydrogens (tertiary/aromatic N) is 3. The summed E-state index contributed by atoms with van der Waals surface area (Å²) in [6, 6.07) is 6.62. The minimum absolute atomic E-state index is 0.0271. The second kappa shape index (κ2) is 5.49. The van der Waals surface area contributed by atoms with Gasteiger partial charge in [-0.2, -0.15) is 5.26 Å². The minimum atomic E-state index is -0.463. The van der Waals surface area contributed by atoms with Crippen LogP contribution in [0.25, 0.3) is 0 Å². The Labute approximate surface area is 119 Å². The van der Waals surface area contributed by atoms with Crippen molar-refractivity contribution in [2.24, 2.45) is 5.41 Å². The molecule has 106 valence electrons. The van der Waals surface area contributed by atoms with Gasteiger partial charge >= 0.3 is 0 Å². The van der Waals surface area contributed by atoms with Crippen LogP contribution in [0, 0.1) is 26.9 Å². The number of nitriles is 1. The third-order valence-corrected chi connectivity index (χ3v) is 4.48. The summed E-state index contributed by atoms with van der Waals surface area (Å²) in [7, 11) is 0. The lowest BCUT2D eigenvalue weighted by Crippen LogP contribution is -2.38. The minimum Gasteiger partial charge on any atom is -0.370 e. The van der Waals surface area contributed by atoms with Gasteiger partial charge in [-0.3, -0.25) is 10.1 Å². The zero-order valence-electron chi connectivity index (χ0n) is 11.9. The summed E-state index contributed by atoms with van der Waals surface area (Å²) in [6.45, 7) is 6.31. The number of anilines is 1. The highest BCUT2D eigenvalue weighted by atomic mass is 16.6. The zero-order chi connectivity index (χ0) is 14.8. The maximum atomic E-state index is 10.8. The fourth-order valence-electron chi connectivity index (χ4n) is 2.64. The standard InChI is InChI=1S/C15H19N3O2/c1-3-15(2)6-8-17(9-7-15)14-5-4-13(18(19)20)10-12(14)11-16/h4-5,10H,3,6-9H2,1-2H3. The van der Waals surface area contributed by atoms with Crippen molar-refractivity contribution in [2.45, 2.75) is 33.1 Å². The quantitative estimate of drug-likeness (QED) is 0.624. The molecule has 1 aromatic rings. The third-order valence-electron chi connectivity index (χ3n) is 4.48. The molecular formula is C15H19N3O2. The lowest BCUT2D eigenvalue weighted by atomic mass is 9.78. The van der Waals surface area contributed by atoms with Crippen LogP contribution in [0.2, 0.25) is 0 Å². The summed E-state index contributed by atoms with van der Waals surface area (Å²) in [4.78, 5) is 12.5. The summed E-state index contributed by atoms with van der Waals surface area (Å²) >= 11 is 0. The Bertz CT molecular complexity index is 555. The normalized spacial score (nSPS) is 17.6. The molecule has 1 fully saturated rings. The number of benzene rings is 1. The number of rotatable bonds is 3. The molecule has 0 amide bonds. The van der Waals surface area contributed by atoms with Crippen LogP contribution < -0.4 is 4.90 Å². The van der Waals surface area contributed by atoms with E-state index in [4.69, 9.17) is 0 Å². The van der Waals surface area contributed by atoms with E-state index in [1.54, 1.807) is 6.07 Å². The monoisotopic (exact) mass is 273 g/mol. The highest BCUT2D eigenvalue weighted by molar-refractivity contribution is 5.63. The average Bonchev–Trinajstić information content (AvgIpc) is 2.47. The molecule has 0 bridgehead atoms. The topological polar surface area (TPSA) is 70.2 Å². The Kier molecular flexibility index (Phi) is 3.93. The predicted molar refractivity (Wildman–Crippen MR) is 77.7 cm³/mol. The van der Waals surface area contributed by atoms with Gasteiger partial charge in [0.15, 0.2) is 0 Å². The summed E-state index contributed by atoms with van der Waals surface area (Å²) in [5.74, 6) is 0. The fraction of sp³-hybridized carbons (Fsp3) is 0.533. The number of piperidine rings is 1. The van der Waals surface area contributed by atoms with E-state index in [0.717, 1.165) is 38.0 Å². The zero-order valence-corrected chi connectivity index (χ0v) is 11.9. The highest BCUT2D eigenvalue weighted by Gasteiger charge is 2.29. The lowest BCUT2D eigenvalue weighted by molar-refractivity contribution is -0.384. The molecule has 0 atom stereocenters. The van der Waals surface area contributed by atoms with E-state index in [-0.39, 0.29) is 5.69 Å². The highest BCUT2D eigenvalue weighted by Crippen LogP contribution is 2.36. The number of hydrogen-bond donors (Lipinski definition) is 0. The van der Waals surface area contributed by atoms with Crippen LogP contribution in [0.1, 0.15) is 38.7 Å². The fourth-order valence-corrected chi connectivity index (χ4v) is 2.64. The third kappa shape index (κ3) is 2.74. The molecule has 1 heterocycles. The molecule has 0 aromatic heterocycles. The first kappa shape index (κ1) is 14.3. The first-order valence-electron chi connectivity index (χ1n) is 6.92. The Morgan fingerprint density at radius 2 is 2.10 bits per heavy atom. The lowest BCUT2D eigenvalue weighted by Gasteiger charge is -2.40. The van der Waals surface area contributed by atoms with E-state index in [0.29, 0.717) is 11.0 Å². The molecule has 5 nitrogen and oxygen atoms in total. The Morgan fingerprint density at radius 1 is 1.45 bits per heavy atom. The SMILES string of the molecule is CCC1(C)CCN(c2ccc([N+](=O)[O-])cc2C#N)CC1. The van der Waals surface area contributed by atoms with Gasteiger partial charge in [0, 0.05) is 25.2 Å². The molecule has 20 heavy (non-hydrogen) atoms. The van der Waals surface area contributed by atoms with Crippen molar-refractivity contribution in [3.63, 3.8) is 0 Å². The first-order valence-corrected chi connectivity index (χ1v) is 6.92. The van der Waals surface area contributed by atoms with E-state index in [1.165, 1.54) is 12.1 Å². The van der Waals surface area contributed by atoms with E-state index in [1.807, 2.05) is 0 Å². The van der Waals surface area contributed by atoms with Crippen molar-refractivity contribution in [2.75, 3.05) is 18.0 Å². The maximum absolute atomic E-state index is 10.8. The summed E-state index contributed by atoms with van der Waals surface area (Å²) in [6.07, 6.45) is 3.34. The van der Waals surface area contributed by atoms with Crippen LogP contribution in [0.3, 0.4) is 0 Å². The molecular weight excluding hydrogens is 254 g/mol. The molecule has 0 spiro atoms. The molecule has 5 heteroatoms. The van der Waals surface area contributed by atoms with Gasteiger partial charge in [-0.15, -0.1) is 0 Å². The van der Waals surface area contributed by atoms with Crippen molar-refractivity contribution in [3.8, 4) is 6.07 Å². The van der Waals surface area contributed by atoms with Crippen LogP contribution in [-0.4, -0.2) is 18.0 Å². The van der Waals surface area contributed by atoms with Crippen LogP contribution >= 0.6 is 0 Å². The molecule has 1 aromatic carbocycles. The van der Waals surface area contributed by atoms with E-state index in [9.17, 15) is 15.4 Å². The number of non-ortho nitro benzene ring substituents is 1. The molecule has 0 unspecified atom stereocenters. The number of nitro benzene ring substituents is 1. The maximum Gasteiger partial charge on any atom is 0.270 e. The van der Waals surface area contributed by atoms with Gasteiger partial charge in [0.1, 0.15) is 6.07 Å². The molecule has 2 rings (SSSR count). The van der Waals surface area contributed by atoms with E-state index >= 15 is 0 Å². The molecule has 0 saturated carbocycles. The molecule has 1 saturated heterocycles. The number of hydrogen-bond acceptors (Lipinski definition) is 4. The average molecular weight is 273 g/mol. The Morgan fingerprint density at radius 3 is 2.60 bits per heavy atom. The van der Waals surface area contributed by atoms with Crippen LogP contribution in [-0.2, 0) is 0 Å². The Hall–Kier alpha value is -2.09. The summed E-state index contributed by atoms with van der Waals surface area (Å²) in [5, 5.41) is 20.0. The molecule has 1 aliphatic heterocycles. The van der Waals surface area contributed by atoms with Crippen molar-refractivity contribution >= 4 is 11.4 Å². The van der Waals surface area contributed by atoms with Gasteiger partial charge in [0.05, 0.1) is 16.2 Å². The van der Waals surface area contributed by atoms with Gasteiger partial charge in [-0.25, -0.2) is 0 Å². The largest absolute Gasteiger partial charge is 0.370 e. The van der Waals surface area contributed by atoms with Crippen LogP contribution in [0.5, 0.6) is 0 Å².